The standard InChI is InChI=1S/C36H47N7O8/c1-36(2,3)51-35(47)43-17-9-10-24(22-43)29(31(45)48-4)39-30(44)27-16-13-25-20-28(27)50-19-8-6-5-7-18-49-26-14-11-23(12-15-26)21-37-32-40-33(38-25)42-34(46)41-32/h11-16,20,24,29H,5-10,17-19,21-22H2,1-4H3,(H,39,44)(H3,37,38,40,41,42,46). The van der Waals surface area contributed by atoms with Crippen LogP contribution in [0.1, 0.15) is 75.2 Å². The maximum Gasteiger partial charge on any atom is 0.410 e. The molecule has 1 aromatic heterocycles. The van der Waals surface area contributed by atoms with Gasteiger partial charge in [0, 0.05) is 37.3 Å². The fourth-order valence-corrected chi connectivity index (χ4v) is 5.87. The van der Waals surface area contributed by atoms with Crippen LogP contribution in [-0.4, -0.2) is 82.9 Å². The summed E-state index contributed by atoms with van der Waals surface area (Å²) in [7, 11) is 1.26. The first-order chi connectivity index (χ1) is 24.5. The van der Waals surface area contributed by atoms with Crippen LogP contribution in [0, 0.1) is 5.92 Å². The lowest BCUT2D eigenvalue weighted by atomic mass is 9.90. The highest BCUT2D eigenvalue weighted by Crippen LogP contribution is 2.28. The van der Waals surface area contributed by atoms with Crippen LogP contribution >= 0.6 is 0 Å². The Morgan fingerprint density at radius 1 is 0.980 bits per heavy atom. The third-order valence-corrected chi connectivity index (χ3v) is 8.40. The fourth-order valence-electron chi connectivity index (χ4n) is 5.87. The maximum absolute atomic E-state index is 13.9. The Bertz CT molecular complexity index is 1720. The van der Waals surface area contributed by atoms with Crippen LogP contribution in [0.25, 0.3) is 0 Å². The highest BCUT2D eigenvalue weighted by Gasteiger charge is 2.37. The monoisotopic (exact) mass is 705 g/mol. The Balaban J connectivity index is 1.36. The molecular formula is C36H47N7O8. The summed E-state index contributed by atoms with van der Waals surface area (Å²) < 4.78 is 22.7. The molecule has 4 N–H and O–H groups in total. The number of likely N-dealkylation sites (tertiary alicyclic amines) is 1. The molecule has 6 bridgehead atoms. The number of carbonyl (C=O) groups is 3. The number of aromatic amines is 1. The molecule has 15 heteroatoms. The number of ether oxygens (including phenoxy) is 4. The number of piperidine rings is 1. The molecule has 3 aliphatic rings. The van der Waals surface area contributed by atoms with E-state index >= 15 is 0 Å². The van der Waals surface area contributed by atoms with Gasteiger partial charge in [-0.1, -0.05) is 12.1 Å². The van der Waals surface area contributed by atoms with E-state index in [-0.39, 0.29) is 29.8 Å². The third kappa shape index (κ3) is 10.8. The number of methoxy groups -OCH3 is 1. The summed E-state index contributed by atoms with van der Waals surface area (Å²) in [6.07, 6.45) is 4.18. The number of nitrogens with zero attached hydrogens (tertiary/aromatic N) is 3. The van der Waals surface area contributed by atoms with Crippen LogP contribution in [0.2, 0.25) is 0 Å². The highest BCUT2D eigenvalue weighted by atomic mass is 16.6. The minimum Gasteiger partial charge on any atom is -0.494 e. The van der Waals surface area contributed by atoms with E-state index in [1.807, 2.05) is 24.3 Å². The van der Waals surface area contributed by atoms with Gasteiger partial charge in [0.2, 0.25) is 11.9 Å². The molecule has 0 radical (unpaired) electrons. The van der Waals surface area contributed by atoms with Crippen LogP contribution < -0.4 is 31.1 Å². The van der Waals surface area contributed by atoms with Crippen LogP contribution in [0.5, 0.6) is 11.5 Å². The van der Waals surface area contributed by atoms with Gasteiger partial charge in [0.1, 0.15) is 23.1 Å². The van der Waals surface area contributed by atoms with Crippen molar-refractivity contribution in [1.82, 2.24) is 25.2 Å². The Morgan fingerprint density at radius 3 is 2.45 bits per heavy atom. The number of anilines is 3. The Morgan fingerprint density at radius 2 is 1.73 bits per heavy atom. The van der Waals surface area contributed by atoms with Gasteiger partial charge in [-0.25, -0.2) is 14.4 Å². The number of aromatic nitrogens is 3. The van der Waals surface area contributed by atoms with Crippen LogP contribution in [0.15, 0.2) is 47.3 Å². The van der Waals surface area contributed by atoms with E-state index < -0.39 is 41.2 Å². The molecule has 2 atom stereocenters. The molecule has 15 nitrogen and oxygen atoms in total. The zero-order valence-electron chi connectivity index (χ0n) is 29.6. The lowest BCUT2D eigenvalue weighted by Gasteiger charge is -2.36. The predicted molar refractivity (Wildman–Crippen MR) is 189 cm³/mol. The van der Waals surface area contributed by atoms with E-state index in [1.54, 1.807) is 43.9 Å². The summed E-state index contributed by atoms with van der Waals surface area (Å²) in [5.74, 6) is -0.265. The lowest BCUT2D eigenvalue weighted by molar-refractivity contribution is -0.145. The number of carbonyl (C=O) groups excluding carboxylic acids is 3. The molecule has 0 spiro atoms. The highest BCUT2D eigenvalue weighted by molar-refractivity contribution is 5.99. The number of H-pyrrole nitrogens is 1. The zero-order valence-corrected chi connectivity index (χ0v) is 29.6. The van der Waals surface area contributed by atoms with Crippen molar-refractivity contribution < 1.29 is 33.3 Å². The van der Waals surface area contributed by atoms with E-state index in [1.165, 1.54) is 7.11 Å². The molecule has 1 fully saturated rings. The van der Waals surface area contributed by atoms with Gasteiger partial charge in [0.05, 0.1) is 25.9 Å². The molecule has 3 aliphatic heterocycles. The van der Waals surface area contributed by atoms with Gasteiger partial charge in [-0.05, 0) is 89.1 Å². The van der Waals surface area contributed by atoms with E-state index in [9.17, 15) is 19.2 Å². The van der Waals surface area contributed by atoms with Crippen LogP contribution in [-0.2, 0) is 20.8 Å². The first-order valence-corrected chi connectivity index (χ1v) is 17.3. The molecule has 0 saturated carbocycles. The molecular weight excluding hydrogens is 658 g/mol. The first-order valence-electron chi connectivity index (χ1n) is 17.3. The first kappa shape index (κ1) is 36.9. The number of hydrogen-bond donors (Lipinski definition) is 4. The summed E-state index contributed by atoms with van der Waals surface area (Å²) in [5, 5.41) is 9.00. The summed E-state index contributed by atoms with van der Waals surface area (Å²) in [6, 6.07) is 11.5. The Hall–Kier alpha value is -5.34. The number of hydrogen-bond acceptors (Lipinski definition) is 12. The summed E-state index contributed by atoms with van der Waals surface area (Å²) in [5.41, 5.74) is 0.370. The van der Waals surface area contributed by atoms with Crippen molar-refractivity contribution in [3.8, 4) is 11.5 Å². The normalized spacial score (nSPS) is 17.6. The van der Waals surface area contributed by atoms with E-state index in [0.717, 1.165) is 37.0 Å². The van der Waals surface area contributed by atoms with Crippen molar-refractivity contribution >= 4 is 35.6 Å². The molecule has 51 heavy (non-hydrogen) atoms. The van der Waals surface area contributed by atoms with Gasteiger partial charge in [0.25, 0.3) is 5.91 Å². The molecule has 2 amide bonds. The van der Waals surface area contributed by atoms with Gasteiger partial charge in [0.15, 0.2) is 0 Å². The van der Waals surface area contributed by atoms with Crippen molar-refractivity contribution in [3.63, 3.8) is 0 Å². The predicted octanol–water partition coefficient (Wildman–Crippen LogP) is 4.77. The number of esters is 1. The molecule has 4 heterocycles. The van der Waals surface area contributed by atoms with Crippen molar-refractivity contribution in [2.45, 2.75) is 77.5 Å². The number of benzene rings is 2. The number of amides is 2. The second kappa shape index (κ2) is 17.1. The van der Waals surface area contributed by atoms with Gasteiger partial charge < -0.3 is 39.8 Å². The van der Waals surface area contributed by atoms with Crippen molar-refractivity contribution in [1.29, 1.82) is 0 Å². The summed E-state index contributed by atoms with van der Waals surface area (Å²) in [4.78, 5) is 64.6. The topological polar surface area (TPSA) is 186 Å². The third-order valence-electron chi connectivity index (χ3n) is 8.40. The van der Waals surface area contributed by atoms with E-state index in [4.69, 9.17) is 18.9 Å². The molecule has 2 aromatic carbocycles. The number of rotatable bonds is 4. The minimum absolute atomic E-state index is 0.127. The number of fused-ring (bicyclic) bond motifs is 10. The molecule has 2 unspecified atom stereocenters. The maximum atomic E-state index is 13.9. The molecule has 6 rings (SSSR count). The molecule has 3 aromatic rings. The lowest BCUT2D eigenvalue weighted by Crippen LogP contribution is -2.53. The second-order valence-electron chi connectivity index (χ2n) is 13.6. The number of nitrogens with one attached hydrogen (secondary N) is 4. The fraction of sp³-hybridized carbons (Fsp3) is 0.500. The SMILES string of the molecule is COC(=O)C(NC(=O)c1ccc2cc1OCCCCCCOc1ccc(cc1)CNc1nc([nH]c(=O)n1)N2)C1CCCN(C(=O)OC(C)(C)C)C1. The second-order valence-corrected chi connectivity index (χ2v) is 13.6. The van der Waals surface area contributed by atoms with Crippen molar-refractivity contribution in [2.24, 2.45) is 5.92 Å². The van der Waals surface area contributed by atoms with Gasteiger partial charge >= 0.3 is 17.8 Å². The molecule has 0 aliphatic carbocycles. The van der Waals surface area contributed by atoms with Crippen LogP contribution in [0.3, 0.4) is 0 Å². The summed E-state index contributed by atoms with van der Waals surface area (Å²) in [6.45, 7) is 7.37. The average molecular weight is 706 g/mol. The van der Waals surface area contributed by atoms with E-state index in [2.05, 4.69) is 30.9 Å². The Labute approximate surface area is 296 Å². The van der Waals surface area contributed by atoms with Crippen LogP contribution in [0.4, 0.5) is 22.4 Å². The molecule has 274 valence electrons. The quantitative estimate of drug-likeness (QED) is 0.273. The smallest absolute Gasteiger partial charge is 0.410 e. The van der Waals surface area contributed by atoms with Gasteiger partial charge in [-0.3, -0.25) is 9.78 Å². The Kier molecular flexibility index (Phi) is 12.3. The zero-order chi connectivity index (χ0) is 36.4. The summed E-state index contributed by atoms with van der Waals surface area (Å²) >= 11 is 0. The van der Waals surface area contributed by atoms with Gasteiger partial charge in [-0.2, -0.15) is 9.97 Å². The average Bonchev–Trinajstić information content (AvgIpc) is 3.09. The molecule has 1 saturated heterocycles. The van der Waals surface area contributed by atoms with E-state index in [0.29, 0.717) is 44.8 Å². The van der Waals surface area contributed by atoms with Crippen molar-refractivity contribution in [3.05, 3.63) is 64.1 Å². The minimum atomic E-state index is -1.02. The largest absolute Gasteiger partial charge is 0.494 e. The van der Waals surface area contributed by atoms with Gasteiger partial charge in [-0.15, -0.1) is 0 Å². The van der Waals surface area contributed by atoms with Crippen molar-refractivity contribution in [2.75, 3.05) is 44.0 Å².